The molecule has 20 heavy (non-hydrogen) atoms. The van der Waals surface area contributed by atoms with Gasteiger partial charge in [0.2, 0.25) is 0 Å². The first kappa shape index (κ1) is 18.0. The Bertz CT molecular complexity index is 252. The third kappa shape index (κ3) is 5.37. The predicted octanol–water partition coefficient (Wildman–Crippen LogP) is 4.01. The summed E-state index contributed by atoms with van der Waals surface area (Å²) in [6, 6.07) is 1.40. The smallest absolute Gasteiger partial charge is 0.0275 e. The van der Waals surface area contributed by atoms with E-state index in [1.807, 2.05) is 0 Å². The van der Waals surface area contributed by atoms with E-state index in [4.69, 9.17) is 0 Å². The van der Waals surface area contributed by atoms with Gasteiger partial charge in [-0.15, -0.1) is 0 Å². The minimum absolute atomic E-state index is 0.677. The van der Waals surface area contributed by atoms with Crippen LogP contribution in [0.4, 0.5) is 0 Å². The van der Waals surface area contributed by atoms with E-state index in [2.05, 4.69) is 58.7 Å². The lowest BCUT2D eigenvalue weighted by Gasteiger charge is -2.47. The molecule has 0 aromatic carbocycles. The van der Waals surface area contributed by atoms with Crippen LogP contribution in [0.1, 0.15) is 61.3 Å². The van der Waals surface area contributed by atoms with Crippen molar-refractivity contribution in [2.75, 3.05) is 19.6 Å². The van der Waals surface area contributed by atoms with Gasteiger partial charge in [-0.1, -0.05) is 48.5 Å². The van der Waals surface area contributed by atoms with Crippen LogP contribution in [0.3, 0.4) is 0 Å². The Balaban J connectivity index is 2.86. The highest BCUT2D eigenvalue weighted by atomic mass is 15.2. The third-order valence-corrected chi connectivity index (χ3v) is 4.51. The number of nitrogens with zero attached hydrogens (tertiary/aromatic N) is 1. The lowest BCUT2D eigenvalue weighted by molar-refractivity contribution is 0.0454. The molecule has 0 aromatic heterocycles. The maximum atomic E-state index is 3.78. The molecule has 0 bridgehead atoms. The van der Waals surface area contributed by atoms with Crippen LogP contribution in [0.5, 0.6) is 0 Å². The fourth-order valence-corrected chi connectivity index (χ4v) is 4.18. The van der Waals surface area contributed by atoms with Crippen LogP contribution >= 0.6 is 0 Å². The zero-order valence-electron chi connectivity index (χ0n) is 14.9. The summed E-state index contributed by atoms with van der Waals surface area (Å²) in [6.45, 7) is 20.1. The molecule has 1 fully saturated rings. The predicted molar refractivity (Wildman–Crippen MR) is 90.1 cm³/mol. The quantitative estimate of drug-likeness (QED) is 0.759. The molecule has 1 N–H and O–H groups in total. The molecule has 0 spiro atoms. The highest BCUT2D eigenvalue weighted by molar-refractivity contribution is 4.94. The molecule has 4 unspecified atom stereocenters. The molecule has 0 heterocycles. The van der Waals surface area contributed by atoms with Crippen LogP contribution in [0.15, 0.2) is 0 Å². The van der Waals surface area contributed by atoms with E-state index < -0.39 is 0 Å². The van der Waals surface area contributed by atoms with Gasteiger partial charge in [0, 0.05) is 25.2 Å². The Morgan fingerprint density at radius 3 is 2.00 bits per heavy atom. The number of rotatable bonds is 7. The molecule has 1 aliphatic carbocycles. The molecular weight excluding hydrogens is 244 g/mol. The van der Waals surface area contributed by atoms with Crippen molar-refractivity contribution in [3.63, 3.8) is 0 Å². The summed E-state index contributed by atoms with van der Waals surface area (Å²) in [5.74, 6) is 3.18. The first-order valence-electron chi connectivity index (χ1n) is 8.82. The van der Waals surface area contributed by atoms with E-state index in [1.165, 1.54) is 25.9 Å². The second-order valence-electron chi connectivity index (χ2n) is 7.95. The fraction of sp³-hybridized carbons (Fsp3) is 1.00. The summed E-state index contributed by atoms with van der Waals surface area (Å²) in [5.41, 5.74) is 0. The topological polar surface area (TPSA) is 15.3 Å². The first-order valence-corrected chi connectivity index (χ1v) is 8.82. The molecular formula is C18H38N2. The Hall–Kier alpha value is -0.0800. The van der Waals surface area contributed by atoms with Gasteiger partial charge >= 0.3 is 0 Å². The van der Waals surface area contributed by atoms with Crippen LogP contribution in [-0.2, 0) is 0 Å². The molecule has 1 aliphatic rings. The molecule has 0 aliphatic heterocycles. The molecule has 4 atom stereocenters. The van der Waals surface area contributed by atoms with Gasteiger partial charge in [-0.05, 0) is 43.1 Å². The number of hydrogen-bond donors (Lipinski definition) is 1. The van der Waals surface area contributed by atoms with E-state index in [1.54, 1.807) is 0 Å². The number of likely N-dealkylation sites (N-methyl/N-ethyl adjacent to an activating group) is 1. The summed E-state index contributed by atoms with van der Waals surface area (Å²) in [5, 5.41) is 3.78. The van der Waals surface area contributed by atoms with Gasteiger partial charge in [-0.25, -0.2) is 0 Å². The van der Waals surface area contributed by atoms with Crippen molar-refractivity contribution >= 4 is 0 Å². The molecule has 1 saturated carbocycles. The van der Waals surface area contributed by atoms with Crippen molar-refractivity contribution in [1.29, 1.82) is 0 Å². The minimum atomic E-state index is 0.677. The highest BCUT2D eigenvalue weighted by Crippen LogP contribution is 2.33. The Labute approximate surface area is 127 Å². The zero-order valence-corrected chi connectivity index (χ0v) is 14.9. The van der Waals surface area contributed by atoms with Gasteiger partial charge in [0.25, 0.3) is 0 Å². The number of hydrogen-bond acceptors (Lipinski definition) is 2. The Morgan fingerprint density at radius 1 is 1.00 bits per heavy atom. The molecule has 120 valence electrons. The Kier molecular flexibility index (Phi) is 7.53. The molecule has 2 nitrogen and oxygen atoms in total. The molecule has 2 heteroatoms. The molecule has 0 radical (unpaired) electrons. The van der Waals surface area contributed by atoms with Crippen molar-refractivity contribution in [1.82, 2.24) is 10.2 Å². The average molecular weight is 283 g/mol. The van der Waals surface area contributed by atoms with Crippen molar-refractivity contribution in [3.05, 3.63) is 0 Å². The first-order chi connectivity index (χ1) is 9.35. The van der Waals surface area contributed by atoms with Gasteiger partial charge in [0.05, 0.1) is 0 Å². The number of nitrogens with one attached hydrogen (secondary N) is 1. The normalized spacial score (nSPS) is 31.5. The monoisotopic (exact) mass is 282 g/mol. The van der Waals surface area contributed by atoms with Crippen LogP contribution in [-0.4, -0.2) is 36.6 Å². The fourth-order valence-electron chi connectivity index (χ4n) is 4.18. The molecule has 0 amide bonds. The van der Waals surface area contributed by atoms with Crippen molar-refractivity contribution in [2.45, 2.75) is 73.4 Å². The molecule has 0 aromatic rings. The summed E-state index contributed by atoms with van der Waals surface area (Å²) < 4.78 is 0. The zero-order chi connectivity index (χ0) is 15.3. The summed E-state index contributed by atoms with van der Waals surface area (Å²) >= 11 is 0. The third-order valence-electron chi connectivity index (χ3n) is 4.51. The second kappa shape index (κ2) is 8.38. The Morgan fingerprint density at radius 2 is 1.55 bits per heavy atom. The second-order valence-corrected chi connectivity index (χ2v) is 7.95. The summed E-state index contributed by atoms with van der Waals surface area (Å²) in [7, 11) is 0. The molecule has 1 rings (SSSR count). The summed E-state index contributed by atoms with van der Waals surface area (Å²) in [6.07, 6.45) is 2.73. The van der Waals surface area contributed by atoms with E-state index in [-0.39, 0.29) is 0 Å². The van der Waals surface area contributed by atoms with Gasteiger partial charge in [-0.2, -0.15) is 0 Å². The SMILES string of the molecule is CCNC1CC(C)CC(C)C1N(CC(C)C)CC(C)C. The van der Waals surface area contributed by atoms with Gasteiger partial charge in [0.15, 0.2) is 0 Å². The van der Waals surface area contributed by atoms with E-state index in [9.17, 15) is 0 Å². The minimum Gasteiger partial charge on any atom is -0.313 e. The van der Waals surface area contributed by atoms with Crippen molar-refractivity contribution in [2.24, 2.45) is 23.7 Å². The van der Waals surface area contributed by atoms with E-state index >= 15 is 0 Å². The van der Waals surface area contributed by atoms with Crippen LogP contribution in [0.25, 0.3) is 0 Å². The average Bonchev–Trinajstić information content (AvgIpc) is 2.26. The molecule has 0 saturated heterocycles. The van der Waals surface area contributed by atoms with Gasteiger partial charge < -0.3 is 5.32 Å². The lowest BCUT2D eigenvalue weighted by atomic mass is 9.75. The van der Waals surface area contributed by atoms with Gasteiger partial charge in [-0.3, -0.25) is 4.90 Å². The standard InChI is InChI=1S/C18H38N2/c1-8-19-17-10-15(6)9-16(7)18(17)20(11-13(2)3)12-14(4)5/h13-19H,8-12H2,1-7H3. The van der Waals surface area contributed by atoms with Crippen LogP contribution in [0.2, 0.25) is 0 Å². The lowest BCUT2D eigenvalue weighted by Crippen LogP contribution is -2.58. The highest BCUT2D eigenvalue weighted by Gasteiger charge is 2.37. The van der Waals surface area contributed by atoms with Crippen molar-refractivity contribution < 1.29 is 0 Å². The van der Waals surface area contributed by atoms with E-state index in [0.29, 0.717) is 6.04 Å². The summed E-state index contributed by atoms with van der Waals surface area (Å²) in [4.78, 5) is 2.79. The maximum Gasteiger partial charge on any atom is 0.0275 e. The van der Waals surface area contributed by atoms with Crippen molar-refractivity contribution in [3.8, 4) is 0 Å². The van der Waals surface area contributed by atoms with Crippen LogP contribution in [0, 0.1) is 23.7 Å². The van der Waals surface area contributed by atoms with E-state index in [0.717, 1.165) is 36.3 Å². The van der Waals surface area contributed by atoms with Gasteiger partial charge in [0.1, 0.15) is 0 Å². The largest absolute Gasteiger partial charge is 0.313 e. The maximum absolute atomic E-state index is 3.78. The van der Waals surface area contributed by atoms with Crippen LogP contribution < -0.4 is 5.32 Å².